The van der Waals surface area contributed by atoms with Gasteiger partial charge >= 0.3 is 0 Å². The fourth-order valence-corrected chi connectivity index (χ4v) is 3.22. The van der Waals surface area contributed by atoms with Crippen molar-refractivity contribution in [3.8, 4) is 11.5 Å². The summed E-state index contributed by atoms with van der Waals surface area (Å²) in [6.07, 6.45) is 0.792. The zero-order chi connectivity index (χ0) is 15.4. The van der Waals surface area contributed by atoms with Crippen molar-refractivity contribution in [2.24, 2.45) is 5.73 Å². The van der Waals surface area contributed by atoms with Crippen molar-refractivity contribution in [3.63, 3.8) is 0 Å². The first-order valence-electron chi connectivity index (χ1n) is 6.65. The van der Waals surface area contributed by atoms with Gasteiger partial charge in [0, 0.05) is 11.4 Å². The summed E-state index contributed by atoms with van der Waals surface area (Å²) in [5.74, 6) is 1.39. The van der Waals surface area contributed by atoms with Crippen molar-refractivity contribution in [3.05, 3.63) is 38.3 Å². The number of aromatic nitrogens is 1. The molecule has 0 amide bonds. The molecule has 0 saturated heterocycles. The molecule has 0 saturated carbocycles. The lowest BCUT2D eigenvalue weighted by atomic mass is 10.1. The third-order valence-electron chi connectivity index (χ3n) is 2.88. The maximum atomic E-state index is 5.86. The molecule has 0 spiro atoms. The van der Waals surface area contributed by atoms with Crippen LogP contribution >= 0.6 is 27.3 Å². The number of hydrogen-bond donors (Lipinski definition) is 1. The van der Waals surface area contributed by atoms with Gasteiger partial charge in [0.15, 0.2) is 11.5 Å². The van der Waals surface area contributed by atoms with Gasteiger partial charge in [0.1, 0.15) is 6.61 Å². The standard InChI is InChI=1S/C15H19BrN2O2S/c1-9(17)4-11-5-13(16)15(14(6-11)19-3)20-7-12-8-21-10(2)18-12/h5-6,8-9H,4,7,17H2,1-3H3. The minimum Gasteiger partial charge on any atom is -0.493 e. The molecule has 4 nitrogen and oxygen atoms in total. The fourth-order valence-electron chi connectivity index (χ4n) is 2.02. The summed E-state index contributed by atoms with van der Waals surface area (Å²) < 4.78 is 12.2. The van der Waals surface area contributed by atoms with E-state index in [2.05, 4.69) is 20.9 Å². The summed E-state index contributed by atoms with van der Waals surface area (Å²) in [6, 6.07) is 4.09. The molecular weight excluding hydrogens is 352 g/mol. The van der Waals surface area contributed by atoms with Crippen molar-refractivity contribution in [1.29, 1.82) is 0 Å². The number of nitrogens with zero attached hydrogens (tertiary/aromatic N) is 1. The van der Waals surface area contributed by atoms with E-state index in [1.54, 1.807) is 18.4 Å². The van der Waals surface area contributed by atoms with Crippen molar-refractivity contribution < 1.29 is 9.47 Å². The van der Waals surface area contributed by atoms with Gasteiger partial charge in [-0.3, -0.25) is 0 Å². The Morgan fingerprint density at radius 3 is 2.76 bits per heavy atom. The summed E-state index contributed by atoms with van der Waals surface area (Å²) in [6.45, 7) is 4.38. The van der Waals surface area contributed by atoms with Crippen LogP contribution in [-0.2, 0) is 13.0 Å². The van der Waals surface area contributed by atoms with Crippen LogP contribution in [0.1, 0.15) is 23.2 Å². The highest BCUT2D eigenvalue weighted by Gasteiger charge is 2.13. The number of thiazole rings is 1. The Bertz CT molecular complexity index is 614. The van der Waals surface area contributed by atoms with Crippen LogP contribution in [0, 0.1) is 6.92 Å². The molecule has 1 atom stereocenters. The second-order valence-corrected chi connectivity index (χ2v) is 6.85. The van der Waals surface area contributed by atoms with Crippen LogP contribution in [-0.4, -0.2) is 18.1 Å². The Hall–Kier alpha value is -1.11. The Morgan fingerprint density at radius 1 is 1.43 bits per heavy atom. The van der Waals surface area contributed by atoms with Crippen LogP contribution in [0.2, 0.25) is 0 Å². The van der Waals surface area contributed by atoms with Crippen molar-refractivity contribution in [2.45, 2.75) is 32.9 Å². The Balaban J connectivity index is 2.18. The molecule has 0 aliphatic carbocycles. The molecule has 21 heavy (non-hydrogen) atoms. The number of benzene rings is 1. The van der Waals surface area contributed by atoms with Crippen molar-refractivity contribution in [1.82, 2.24) is 4.98 Å². The SMILES string of the molecule is COc1cc(CC(C)N)cc(Br)c1OCc1csc(C)n1. The Kier molecular flexibility index (Phi) is 5.61. The monoisotopic (exact) mass is 370 g/mol. The van der Waals surface area contributed by atoms with E-state index in [0.717, 1.165) is 27.2 Å². The third kappa shape index (κ3) is 4.43. The Morgan fingerprint density at radius 2 is 2.19 bits per heavy atom. The minimum absolute atomic E-state index is 0.103. The molecule has 0 radical (unpaired) electrons. The zero-order valence-electron chi connectivity index (χ0n) is 12.4. The van der Waals surface area contributed by atoms with Crippen LogP contribution < -0.4 is 15.2 Å². The van der Waals surface area contributed by atoms with Crippen molar-refractivity contribution in [2.75, 3.05) is 7.11 Å². The molecule has 0 aliphatic heterocycles. The fraction of sp³-hybridized carbons (Fsp3) is 0.400. The average Bonchev–Trinajstić information content (AvgIpc) is 2.82. The third-order valence-corrected chi connectivity index (χ3v) is 4.29. The van der Waals surface area contributed by atoms with Gasteiger partial charge in [0.2, 0.25) is 0 Å². The summed E-state index contributed by atoms with van der Waals surface area (Å²) in [7, 11) is 1.64. The number of halogens is 1. The highest BCUT2D eigenvalue weighted by molar-refractivity contribution is 9.10. The lowest BCUT2D eigenvalue weighted by molar-refractivity contribution is 0.279. The topological polar surface area (TPSA) is 57.4 Å². The predicted octanol–water partition coefficient (Wildman–Crippen LogP) is 3.69. The van der Waals surface area contributed by atoms with Crippen LogP contribution in [0.4, 0.5) is 0 Å². The van der Waals surface area contributed by atoms with E-state index in [4.69, 9.17) is 15.2 Å². The molecule has 2 N–H and O–H groups in total. The lowest BCUT2D eigenvalue weighted by Crippen LogP contribution is -2.17. The van der Waals surface area contributed by atoms with Crippen LogP contribution in [0.25, 0.3) is 0 Å². The summed E-state index contributed by atoms with van der Waals surface area (Å²) in [5, 5.41) is 3.03. The Labute approximate surface area is 137 Å². The first-order valence-corrected chi connectivity index (χ1v) is 8.32. The number of aryl methyl sites for hydroxylation is 1. The molecule has 0 aliphatic rings. The number of methoxy groups -OCH3 is 1. The molecular formula is C15H19BrN2O2S. The largest absolute Gasteiger partial charge is 0.493 e. The molecule has 6 heteroatoms. The maximum absolute atomic E-state index is 5.86. The molecule has 2 rings (SSSR count). The quantitative estimate of drug-likeness (QED) is 0.842. The molecule has 2 aromatic rings. The molecule has 114 valence electrons. The van der Waals surface area contributed by atoms with Gasteiger partial charge in [-0.25, -0.2) is 4.98 Å². The molecule has 1 heterocycles. The first-order chi connectivity index (χ1) is 9.99. The van der Waals surface area contributed by atoms with E-state index in [-0.39, 0.29) is 6.04 Å². The number of rotatable bonds is 6. The zero-order valence-corrected chi connectivity index (χ0v) is 14.8. The maximum Gasteiger partial charge on any atom is 0.175 e. The van der Waals surface area contributed by atoms with Crippen LogP contribution in [0.3, 0.4) is 0 Å². The van der Waals surface area contributed by atoms with E-state index >= 15 is 0 Å². The molecule has 0 bridgehead atoms. The van der Waals surface area contributed by atoms with Gasteiger partial charge in [-0.15, -0.1) is 11.3 Å². The smallest absolute Gasteiger partial charge is 0.175 e. The van der Waals surface area contributed by atoms with Gasteiger partial charge in [0.05, 0.1) is 22.3 Å². The predicted molar refractivity (Wildman–Crippen MR) is 89.2 cm³/mol. The molecule has 0 fully saturated rings. The van der Waals surface area contributed by atoms with Crippen LogP contribution in [0.15, 0.2) is 22.0 Å². The number of ether oxygens (including phenoxy) is 2. The summed E-state index contributed by atoms with van der Waals surface area (Å²) in [4.78, 5) is 4.39. The highest BCUT2D eigenvalue weighted by atomic mass is 79.9. The van der Waals surface area contributed by atoms with E-state index in [1.807, 2.05) is 31.4 Å². The van der Waals surface area contributed by atoms with Gasteiger partial charge in [-0.05, 0) is 53.9 Å². The lowest BCUT2D eigenvalue weighted by Gasteiger charge is -2.14. The van der Waals surface area contributed by atoms with E-state index in [9.17, 15) is 0 Å². The second-order valence-electron chi connectivity index (χ2n) is 4.94. The molecule has 1 aromatic heterocycles. The second kappa shape index (κ2) is 7.24. The van der Waals surface area contributed by atoms with Gasteiger partial charge < -0.3 is 15.2 Å². The number of hydrogen-bond acceptors (Lipinski definition) is 5. The first kappa shape index (κ1) is 16.3. The summed E-state index contributed by atoms with van der Waals surface area (Å²) >= 11 is 5.16. The molecule has 1 aromatic carbocycles. The highest BCUT2D eigenvalue weighted by Crippen LogP contribution is 2.37. The summed E-state index contributed by atoms with van der Waals surface area (Å²) in [5.41, 5.74) is 7.89. The average molecular weight is 371 g/mol. The normalized spacial score (nSPS) is 12.2. The van der Waals surface area contributed by atoms with E-state index in [1.165, 1.54) is 0 Å². The number of nitrogens with two attached hydrogens (primary N) is 1. The van der Waals surface area contributed by atoms with Crippen LogP contribution in [0.5, 0.6) is 11.5 Å². The van der Waals surface area contributed by atoms with Crippen molar-refractivity contribution >= 4 is 27.3 Å². The van der Waals surface area contributed by atoms with E-state index in [0.29, 0.717) is 18.1 Å². The minimum atomic E-state index is 0.103. The molecule has 1 unspecified atom stereocenters. The van der Waals surface area contributed by atoms with E-state index < -0.39 is 0 Å². The van der Waals surface area contributed by atoms with Gasteiger partial charge in [-0.1, -0.05) is 0 Å². The van der Waals surface area contributed by atoms with Gasteiger partial charge in [-0.2, -0.15) is 0 Å². The van der Waals surface area contributed by atoms with Gasteiger partial charge in [0.25, 0.3) is 0 Å².